The van der Waals surface area contributed by atoms with E-state index in [9.17, 15) is 15.2 Å². The van der Waals surface area contributed by atoms with Gasteiger partial charge in [-0.25, -0.2) is 0 Å². The minimum atomic E-state index is -0.773. The summed E-state index contributed by atoms with van der Waals surface area (Å²) in [4.78, 5) is 9.89. The van der Waals surface area contributed by atoms with Crippen molar-refractivity contribution in [1.29, 1.82) is 10.5 Å². The summed E-state index contributed by atoms with van der Waals surface area (Å²) in [5, 5.41) is 37.1. The SMILES string of the molecule is N#CCc1c(O)ccc(C#N)c1[N+](=O)[O-]. The maximum absolute atomic E-state index is 10.7. The third kappa shape index (κ3) is 1.84. The topological polar surface area (TPSA) is 111 Å². The van der Waals surface area contributed by atoms with Gasteiger partial charge in [0, 0.05) is 0 Å². The van der Waals surface area contributed by atoms with Crippen LogP contribution >= 0.6 is 0 Å². The summed E-state index contributed by atoms with van der Waals surface area (Å²) in [6.45, 7) is 0. The van der Waals surface area contributed by atoms with Crippen LogP contribution in [0.2, 0.25) is 0 Å². The molecule has 0 amide bonds. The van der Waals surface area contributed by atoms with E-state index in [0.717, 1.165) is 12.1 Å². The lowest BCUT2D eigenvalue weighted by molar-refractivity contribution is -0.385. The molecule has 0 radical (unpaired) electrons. The molecule has 6 heteroatoms. The number of rotatable bonds is 2. The molecule has 0 aliphatic carbocycles. The Labute approximate surface area is 84.8 Å². The van der Waals surface area contributed by atoms with Crippen LogP contribution in [0, 0.1) is 32.8 Å². The lowest BCUT2D eigenvalue weighted by atomic mass is 10.0. The van der Waals surface area contributed by atoms with E-state index in [4.69, 9.17) is 10.5 Å². The van der Waals surface area contributed by atoms with Crippen LogP contribution in [0.5, 0.6) is 5.75 Å². The number of aromatic hydroxyl groups is 1. The molecule has 6 nitrogen and oxygen atoms in total. The van der Waals surface area contributed by atoms with Gasteiger partial charge in [0.1, 0.15) is 17.4 Å². The van der Waals surface area contributed by atoms with Gasteiger partial charge in [0.25, 0.3) is 5.69 Å². The lowest BCUT2D eigenvalue weighted by Crippen LogP contribution is -1.98. The molecule has 0 aliphatic heterocycles. The highest BCUT2D eigenvalue weighted by molar-refractivity contribution is 5.59. The molecule has 0 atom stereocenters. The Morgan fingerprint density at radius 3 is 2.60 bits per heavy atom. The van der Waals surface area contributed by atoms with Crippen molar-refractivity contribution in [2.45, 2.75) is 6.42 Å². The summed E-state index contributed by atoms with van der Waals surface area (Å²) >= 11 is 0. The highest BCUT2D eigenvalue weighted by Crippen LogP contribution is 2.31. The molecule has 1 N–H and O–H groups in total. The predicted molar refractivity (Wildman–Crippen MR) is 48.8 cm³/mol. The van der Waals surface area contributed by atoms with Gasteiger partial charge in [0.05, 0.1) is 23.0 Å². The molecule has 0 aromatic heterocycles. The fourth-order valence-electron chi connectivity index (χ4n) is 1.18. The molecular formula is C9H5N3O3. The molecule has 1 aromatic rings. The molecule has 1 rings (SSSR count). The summed E-state index contributed by atoms with van der Waals surface area (Å²) in [6, 6.07) is 5.65. The number of nitro groups is 1. The minimum absolute atomic E-state index is 0.124. The standard InChI is InChI=1S/C9H5N3O3/c10-4-3-7-8(13)2-1-6(5-11)9(7)12(14)15/h1-2,13H,3H2. The molecule has 0 unspecified atom stereocenters. The average molecular weight is 203 g/mol. The smallest absolute Gasteiger partial charge is 0.294 e. The second kappa shape index (κ2) is 4.07. The molecule has 0 saturated carbocycles. The van der Waals surface area contributed by atoms with Crippen molar-refractivity contribution in [3.8, 4) is 17.9 Å². The van der Waals surface area contributed by atoms with Crippen molar-refractivity contribution >= 4 is 5.69 Å². The van der Waals surface area contributed by atoms with Crippen molar-refractivity contribution in [1.82, 2.24) is 0 Å². The maximum atomic E-state index is 10.7. The second-order valence-electron chi connectivity index (χ2n) is 2.66. The van der Waals surface area contributed by atoms with E-state index in [0.29, 0.717) is 0 Å². The Balaban J connectivity index is 3.54. The van der Waals surface area contributed by atoms with Gasteiger partial charge in [0.15, 0.2) is 0 Å². The van der Waals surface area contributed by atoms with Gasteiger partial charge in [0.2, 0.25) is 0 Å². The summed E-state index contributed by atoms with van der Waals surface area (Å²) in [7, 11) is 0. The molecule has 0 bridgehead atoms. The lowest BCUT2D eigenvalue weighted by Gasteiger charge is -2.02. The third-order valence-electron chi connectivity index (χ3n) is 1.82. The number of phenolic OH excluding ortho intramolecular Hbond substituents is 1. The largest absolute Gasteiger partial charge is 0.507 e. The Morgan fingerprint density at radius 2 is 2.13 bits per heavy atom. The van der Waals surface area contributed by atoms with E-state index in [2.05, 4.69) is 0 Å². The summed E-state index contributed by atoms with van der Waals surface area (Å²) in [6.07, 6.45) is -0.308. The van der Waals surface area contributed by atoms with Crippen LogP contribution < -0.4 is 0 Å². The first-order valence-electron chi connectivity index (χ1n) is 3.88. The fourth-order valence-corrected chi connectivity index (χ4v) is 1.18. The third-order valence-corrected chi connectivity index (χ3v) is 1.82. The Morgan fingerprint density at radius 1 is 1.47 bits per heavy atom. The highest BCUT2D eigenvalue weighted by atomic mass is 16.6. The summed E-state index contributed by atoms with van der Waals surface area (Å²) in [5.74, 6) is -0.345. The van der Waals surface area contributed by atoms with Gasteiger partial charge >= 0.3 is 0 Å². The predicted octanol–water partition coefficient (Wildman–Crippen LogP) is 1.24. The molecule has 74 valence electrons. The second-order valence-corrected chi connectivity index (χ2v) is 2.66. The van der Waals surface area contributed by atoms with Gasteiger partial charge in [-0.2, -0.15) is 10.5 Å². The zero-order valence-corrected chi connectivity index (χ0v) is 7.47. The van der Waals surface area contributed by atoms with Crippen LogP contribution in [0.15, 0.2) is 12.1 Å². The number of nitrogens with zero attached hydrogens (tertiary/aromatic N) is 3. The Kier molecular flexibility index (Phi) is 2.85. The Bertz CT molecular complexity index is 497. The van der Waals surface area contributed by atoms with E-state index < -0.39 is 10.6 Å². The molecule has 0 spiro atoms. The zero-order chi connectivity index (χ0) is 11.4. The Hall–Kier alpha value is -2.60. The molecule has 0 aliphatic rings. The number of hydrogen-bond donors (Lipinski definition) is 1. The number of hydrogen-bond acceptors (Lipinski definition) is 5. The molecular weight excluding hydrogens is 198 g/mol. The number of nitriles is 2. The number of nitro benzene ring substituents is 1. The quantitative estimate of drug-likeness (QED) is 0.574. The first-order valence-corrected chi connectivity index (χ1v) is 3.88. The van der Waals surface area contributed by atoms with E-state index >= 15 is 0 Å². The van der Waals surface area contributed by atoms with Gasteiger partial charge in [-0.1, -0.05) is 0 Å². The molecule has 0 heterocycles. The van der Waals surface area contributed by atoms with Gasteiger partial charge < -0.3 is 5.11 Å². The van der Waals surface area contributed by atoms with Crippen molar-refractivity contribution in [3.63, 3.8) is 0 Å². The summed E-state index contributed by atoms with van der Waals surface area (Å²) < 4.78 is 0. The van der Waals surface area contributed by atoms with Crippen LogP contribution in [-0.4, -0.2) is 10.0 Å². The van der Waals surface area contributed by atoms with Crippen LogP contribution in [-0.2, 0) is 6.42 Å². The minimum Gasteiger partial charge on any atom is -0.507 e. The molecule has 0 fully saturated rings. The first kappa shape index (κ1) is 10.5. The van der Waals surface area contributed by atoms with E-state index in [1.165, 1.54) is 0 Å². The van der Waals surface area contributed by atoms with E-state index in [-0.39, 0.29) is 23.3 Å². The fraction of sp³-hybridized carbons (Fsp3) is 0.111. The molecule has 0 saturated heterocycles. The van der Waals surface area contributed by atoms with Gasteiger partial charge in [-0.3, -0.25) is 10.1 Å². The summed E-state index contributed by atoms with van der Waals surface area (Å²) in [5.41, 5.74) is -0.788. The zero-order valence-electron chi connectivity index (χ0n) is 7.47. The number of benzene rings is 1. The van der Waals surface area contributed by atoms with Crippen LogP contribution in [0.4, 0.5) is 5.69 Å². The van der Waals surface area contributed by atoms with E-state index in [1.54, 1.807) is 12.1 Å². The molecule has 15 heavy (non-hydrogen) atoms. The number of phenols is 1. The van der Waals surface area contributed by atoms with Gasteiger partial charge in [-0.05, 0) is 12.1 Å². The maximum Gasteiger partial charge on any atom is 0.294 e. The van der Waals surface area contributed by atoms with Crippen LogP contribution in [0.1, 0.15) is 11.1 Å². The van der Waals surface area contributed by atoms with Crippen molar-refractivity contribution in [2.24, 2.45) is 0 Å². The van der Waals surface area contributed by atoms with Gasteiger partial charge in [-0.15, -0.1) is 0 Å². The normalized spacial score (nSPS) is 8.93. The van der Waals surface area contributed by atoms with Crippen LogP contribution in [0.25, 0.3) is 0 Å². The first-order chi connectivity index (χ1) is 7.11. The van der Waals surface area contributed by atoms with Crippen molar-refractivity contribution < 1.29 is 10.0 Å². The average Bonchev–Trinajstić information content (AvgIpc) is 2.20. The molecule has 1 aromatic carbocycles. The highest BCUT2D eigenvalue weighted by Gasteiger charge is 2.22. The van der Waals surface area contributed by atoms with Crippen molar-refractivity contribution in [3.05, 3.63) is 33.4 Å². The monoisotopic (exact) mass is 203 g/mol. The van der Waals surface area contributed by atoms with Crippen molar-refractivity contribution in [2.75, 3.05) is 0 Å². The van der Waals surface area contributed by atoms with Crippen LogP contribution in [0.3, 0.4) is 0 Å². The van der Waals surface area contributed by atoms with E-state index in [1.807, 2.05) is 0 Å².